The maximum absolute atomic E-state index is 13.7. The number of pyridine rings is 1. The number of amides is 1. The minimum Gasteiger partial charge on any atom is -0.506 e. The van der Waals surface area contributed by atoms with Crippen molar-refractivity contribution < 1.29 is 33.0 Å². The number of allylic oxidation sites excluding steroid dienone is 1. The van der Waals surface area contributed by atoms with Gasteiger partial charge in [0.05, 0.1) is 23.0 Å². The maximum atomic E-state index is 13.7. The number of carbonyl (C=O) groups is 2. The molecule has 1 fully saturated rings. The standard InChI is InChI=1S/C32H39F3N4O3.C4H6O/c1-5-18(3)14-19(4)29-28-23(6-2)38(31(42)22-16-27(41)30(36-17-22)32(33,34)35)13-12-25(28)39(37-29)24-11-10-21(15-26(24)40)20-8-7-9-20;1-3-4(2)5/h10-11,15-20,23,40-41H,5-9,12-14H2,1-4H3;3H,1H2,2H3. The Morgan fingerprint density at radius 1 is 1.13 bits per heavy atom. The van der Waals surface area contributed by atoms with Crippen molar-refractivity contribution in [1.29, 1.82) is 0 Å². The minimum absolute atomic E-state index is 0.0185. The molecule has 0 radical (unpaired) electrons. The highest BCUT2D eigenvalue weighted by Crippen LogP contribution is 2.43. The van der Waals surface area contributed by atoms with Crippen molar-refractivity contribution in [3.05, 3.63) is 76.9 Å². The Balaban J connectivity index is 0.000000930. The van der Waals surface area contributed by atoms with Crippen LogP contribution in [0.2, 0.25) is 0 Å². The molecule has 2 aromatic heterocycles. The molecular weight excluding hydrogens is 609 g/mol. The van der Waals surface area contributed by atoms with E-state index < -0.39 is 23.5 Å². The van der Waals surface area contributed by atoms with Crippen molar-refractivity contribution in [1.82, 2.24) is 19.7 Å². The van der Waals surface area contributed by atoms with E-state index in [0.717, 1.165) is 60.5 Å². The quantitative estimate of drug-likeness (QED) is 0.224. The van der Waals surface area contributed by atoms with E-state index >= 15 is 0 Å². The lowest BCUT2D eigenvalue weighted by Crippen LogP contribution is -2.40. The van der Waals surface area contributed by atoms with Gasteiger partial charge in [0, 0.05) is 30.6 Å². The molecule has 3 atom stereocenters. The first kappa shape index (κ1) is 35.7. The fraction of sp³-hybridized carbons (Fsp3) is 0.500. The topological polar surface area (TPSA) is 109 Å². The third kappa shape index (κ3) is 7.71. The van der Waals surface area contributed by atoms with Gasteiger partial charge < -0.3 is 15.1 Å². The van der Waals surface area contributed by atoms with Crippen molar-refractivity contribution >= 4 is 11.7 Å². The molecule has 2 aliphatic rings. The number of aromatic hydroxyl groups is 2. The molecule has 0 bridgehead atoms. The highest BCUT2D eigenvalue weighted by Gasteiger charge is 2.39. The number of benzene rings is 1. The molecule has 47 heavy (non-hydrogen) atoms. The SMILES string of the molecule is C=CC(C)=O.CCC(C)CC(C)c1nn(-c2ccc(C3CCC3)cc2O)c2c1C(CC)N(C(=O)c1cnc(C(F)(F)F)c(O)c1)CC2. The van der Waals surface area contributed by atoms with Crippen LogP contribution in [0.5, 0.6) is 11.5 Å². The predicted octanol–water partition coefficient (Wildman–Crippen LogP) is 8.42. The summed E-state index contributed by atoms with van der Waals surface area (Å²) in [4.78, 5) is 28.4. The predicted molar refractivity (Wildman–Crippen MR) is 174 cm³/mol. The lowest BCUT2D eigenvalue weighted by Gasteiger charge is -2.36. The number of phenolic OH excluding ortho intramolecular Hbond substituents is 1. The van der Waals surface area contributed by atoms with E-state index in [4.69, 9.17) is 5.10 Å². The van der Waals surface area contributed by atoms with Gasteiger partial charge in [-0.05, 0) is 74.3 Å². The third-order valence-electron chi connectivity index (χ3n) is 9.39. The Morgan fingerprint density at radius 2 is 1.81 bits per heavy atom. The van der Waals surface area contributed by atoms with E-state index in [9.17, 15) is 33.0 Å². The van der Waals surface area contributed by atoms with Crippen LogP contribution in [-0.2, 0) is 17.4 Å². The van der Waals surface area contributed by atoms with Crippen molar-refractivity contribution in [3.63, 3.8) is 0 Å². The Kier molecular flexibility index (Phi) is 11.2. The number of carbonyl (C=O) groups excluding carboxylic acids is 2. The van der Waals surface area contributed by atoms with E-state index in [1.165, 1.54) is 19.4 Å². The summed E-state index contributed by atoms with van der Waals surface area (Å²) in [6, 6.07) is 6.29. The lowest BCUT2D eigenvalue weighted by molar-refractivity contribution is -0.142. The molecule has 1 saturated carbocycles. The fourth-order valence-corrected chi connectivity index (χ4v) is 6.41. The molecule has 0 spiro atoms. The van der Waals surface area contributed by atoms with Crippen molar-refractivity contribution in [2.75, 3.05) is 6.54 Å². The average Bonchev–Trinajstić information content (AvgIpc) is 3.38. The number of phenols is 1. The van der Waals surface area contributed by atoms with Crippen LogP contribution in [0.15, 0.2) is 43.1 Å². The highest BCUT2D eigenvalue weighted by molar-refractivity contribution is 5.95. The molecule has 3 unspecified atom stereocenters. The first-order chi connectivity index (χ1) is 22.2. The third-order valence-corrected chi connectivity index (χ3v) is 9.39. The molecule has 3 heterocycles. The number of ketones is 1. The Hall–Kier alpha value is -4.15. The van der Waals surface area contributed by atoms with Crippen molar-refractivity contribution in [3.8, 4) is 17.2 Å². The van der Waals surface area contributed by atoms with Crippen LogP contribution < -0.4 is 0 Å². The van der Waals surface area contributed by atoms with Gasteiger partial charge in [-0.1, -0.05) is 53.2 Å². The van der Waals surface area contributed by atoms with Crippen LogP contribution in [0.25, 0.3) is 5.69 Å². The van der Waals surface area contributed by atoms with Crippen LogP contribution in [0.1, 0.15) is 130 Å². The molecule has 1 amide bonds. The van der Waals surface area contributed by atoms with Gasteiger partial charge in [-0.2, -0.15) is 18.3 Å². The van der Waals surface area contributed by atoms with Crippen LogP contribution in [0, 0.1) is 5.92 Å². The van der Waals surface area contributed by atoms with E-state index in [1.807, 2.05) is 23.7 Å². The van der Waals surface area contributed by atoms with Gasteiger partial charge in [0.1, 0.15) is 17.2 Å². The molecule has 5 rings (SSSR count). The first-order valence-corrected chi connectivity index (χ1v) is 16.4. The second-order valence-electron chi connectivity index (χ2n) is 12.8. The zero-order valence-electron chi connectivity index (χ0n) is 27.8. The summed E-state index contributed by atoms with van der Waals surface area (Å²) in [7, 11) is 0. The van der Waals surface area contributed by atoms with E-state index in [0.29, 0.717) is 36.9 Å². The fourth-order valence-electron chi connectivity index (χ4n) is 6.41. The zero-order valence-corrected chi connectivity index (χ0v) is 27.8. The van der Waals surface area contributed by atoms with Gasteiger partial charge in [-0.25, -0.2) is 9.67 Å². The van der Waals surface area contributed by atoms with Crippen LogP contribution in [-0.4, -0.2) is 48.1 Å². The summed E-state index contributed by atoms with van der Waals surface area (Å²) in [5.74, 6) is -0.370. The molecule has 1 aliphatic carbocycles. The molecular formula is C36H45F3N4O4. The first-order valence-electron chi connectivity index (χ1n) is 16.4. The lowest BCUT2D eigenvalue weighted by atomic mass is 9.80. The van der Waals surface area contributed by atoms with Gasteiger partial charge in [0.2, 0.25) is 0 Å². The monoisotopic (exact) mass is 654 g/mol. The van der Waals surface area contributed by atoms with E-state index in [-0.39, 0.29) is 29.1 Å². The average molecular weight is 655 g/mol. The van der Waals surface area contributed by atoms with Crippen LogP contribution in [0.3, 0.4) is 0 Å². The molecule has 254 valence electrons. The van der Waals surface area contributed by atoms with Crippen LogP contribution in [0.4, 0.5) is 13.2 Å². The van der Waals surface area contributed by atoms with Gasteiger partial charge in [0.15, 0.2) is 11.5 Å². The Labute approximate surface area is 274 Å². The normalized spacial score (nSPS) is 17.5. The number of hydrogen-bond donors (Lipinski definition) is 2. The summed E-state index contributed by atoms with van der Waals surface area (Å²) in [5.41, 5.74) is 2.93. The number of fused-ring (bicyclic) bond motifs is 1. The molecule has 1 aliphatic heterocycles. The van der Waals surface area contributed by atoms with Gasteiger partial charge in [-0.15, -0.1) is 0 Å². The maximum Gasteiger partial charge on any atom is 0.437 e. The van der Waals surface area contributed by atoms with Crippen LogP contribution >= 0.6 is 0 Å². The van der Waals surface area contributed by atoms with Gasteiger partial charge in [-0.3, -0.25) is 9.59 Å². The summed E-state index contributed by atoms with van der Waals surface area (Å²) >= 11 is 0. The number of halogens is 3. The number of aromatic nitrogens is 3. The minimum atomic E-state index is -4.82. The number of rotatable bonds is 9. The zero-order chi connectivity index (χ0) is 34.6. The Morgan fingerprint density at radius 3 is 2.32 bits per heavy atom. The molecule has 2 N–H and O–H groups in total. The number of hydrogen-bond acceptors (Lipinski definition) is 6. The number of alkyl halides is 3. The molecule has 0 saturated heterocycles. The van der Waals surface area contributed by atoms with E-state index in [2.05, 4.69) is 38.4 Å². The smallest absolute Gasteiger partial charge is 0.437 e. The molecule has 1 aromatic carbocycles. The summed E-state index contributed by atoms with van der Waals surface area (Å²) in [6.45, 7) is 13.4. The summed E-state index contributed by atoms with van der Waals surface area (Å²) in [6.07, 6.45) is 3.70. The summed E-state index contributed by atoms with van der Waals surface area (Å²) in [5, 5.41) is 26.2. The molecule has 8 nitrogen and oxygen atoms in total. The summed E-state index contributed by atoms with van der Waals surface area (Å²) < 4.78 is 41.3. The molecule has 11 heteroatoms. The van der Waals surface area contributed by atoms with Gasteiger partial charge >= 0.3 is 6.18 Å². The second kappa shape index (κ2) is 14.7. The van der Waals surface area contributed by atoms with Gasteiger partial charge in [0.25, 0.3) is 5.91 Å². The van der Waals surface area contributed by atoms with E-state index in [1.54, 1.807) is 4.90 Å². The van der Waals surface area contributed by atoms with Crippen molar-refractivity contribution in [2.24, 2.45) is 5.92 Å². The van der Waals surface area contributed by atoms with Crippen molar-refractivity contribution in [2.45, 2.75) is 104 Å². The molecule has 3 aromatic rings. The largest absolute Gasteiger partial charge is 0.506 e. The Bertz CT molecular complexity index is 1610. The number of nitrogens with zero attached hydrogens (tertiary/aromatic N) is 4. The second-order valence-corrected chi connectivity index (χ2v) is 12.8. The highest BCUT2D eigenvalue weighted by atomic mass is 19.4.